The zero-order chi connectivity index (χ0) is 22.2. The normalized spacial score (nSPS) is 10.8. The average Bonchev–Trinajstić information content (AvgIpc) is 3.29. The smallest absolute Gasteiger partial charge is 0.271 e. The lowest BCUT2D eigenvalue weighted by Crippen LogP contribution is -2.17. The van der Waals surface area contributed by atoms with E-state index in [9.17, 15) is 4.79 Å². The quantitative estimate of drug-likeness (QED) is 0.270. The monoisotopic (exact) mass is 442 g/mol. The highest BCUT2D eigenvalue weighted by Gasteiger charge is 2.08. The molecule has 0 fully saturated rings. The molecule has 160 valence electrons. The molecule has 0 bridgehead atoms. The number of nitrogens with zero attached hydrogens (tertiary/aromatic N) is 2. The molecule has 0 atom stereocenters. The van der Waals surface area contributed by atoms with Crippen molar-refractivity contribution in [1.29, 1.82) is 0 Å². The summed E-state index contributed by atoms with van der Waals surface area (Å²) in [5, 5.41) is 10.2. The van der Waals surface area contributed by atoms with Gasteiger partial charge in [-0.1, -0.05) is 42.5 Å². The highest BCUT2D eigenvalue weighted by Crippen LogP contribution is 2.27. The lowest BCUT2D eigenvalue weighted by Gasteiger charge is -2.06. The molecule has 4 rings (SSSR count). The van der Waals surface area contributed by atoms with E-state index in [-0.39, 0.29) is 5.91 Å². The van der Waals surface area contributed by atoms with Crippen molar-refractivity contribution in [1.82, 2.24) is 10.4 Å². The Morgan fingerprint density at radius 3 is 2.56 bits per heavy atom. The molecule has 0 aliphatic carbocycles. The van der Waals surface area contributed by atoms with Crippen LogP contribution in [0.3, 0.4) is 0 Å². The summed E-state index contributed by atoms with van der Waals surface area (Å²) in [6.07, 6.45) is 1.58. The van der Waals surface area contributed by atoms with E-state index in [0.29, 0.717) is 12.2 Å². The van der Waals surface area contributed by atoms with Crippen molar-refractivity contribution in [3.63, 3.8) is 0 Å². The van der Waals surface area contributed by atoms with Gasteiger partial charge in [-0.25, -0.2) is 10.4 Å². The lowest BCUT2D eigenvalue weighted by atomic mass is 10.1. The number of hydrogen-bond donors (Lipinski definition) is 2. The van der Waals surface area contributed by atoms with E-state index < -0.39 is 0 Å². The van der Waals surface area contributed by atoms with Crippen LogP contribution in [0.1, 0.15) is 22.8 Å². The fraction of sp³-hybridized carbons (Fsp3) is 0.0800. The number of para-hydroxylation sites is 2. The van der Waals surface area contributed by atoms with Crippen molar-refractivity contribution < 1.29 is 9.53 Å². The molecule has 1 aromatic heterocycles. The van der Waals surface area contributed by atoms with Gasteiger partial charge in [0.25, 0.3) is 5.91 Å². The van der Waals surface area contributed by atoms with Crippen LogP contribution in [0, 0.1) is 0 Å². The highest BCUT2D eigenvalue weighted by atomic mass is 32.1. The molecule has 1 amide bonds. The number of carbonyl (C=O) groups excluding carboxylic acids is 1. The molecular formula is C25H22N4O2S. The number of hydrazone groups is 1. The topological polar surface area (TPSA) is 75.6 Å². The molecule has 0 aliphatic heterocycles. The minimum atomic E-state index is -0.286. The zero-order valence-electron chi connectivity index (χ0n) is 17.5. The third kappa shape index (κ3) is 5.39. The number of anilines is 2. The van der Waals surface area contributed by atoms with Crippen LogP contribution in [-0.4, -0.2) is 23.7 Å². The SMILES string of the molecule is CCOc1ccccc1/C=N\NC(=O)c1ccc(-c2csc(Nc3ccccc3)n2)cc1. The molecule has 0 unspecified atom stereocenters. The second kappa shape index (κ2) is 10.4. The lowest BCUT2D eigenvalue weighted by molar-refractivity contribution is 0.0955. The minimum absolute atomic E-state index is 0.286. The molecule has 1 heterocycles. The maximum Gasteiger partial charge on any atom is 0.271 e. The molecule has 0 spiro atoms. The van der Waals surface area contributed by atoms with Crippen molar-refractivity contribution in [2.45, 2.75) is 6.92 Å². The van der Waals surface area contributed by atoms with E-state index >= 15 is 0 Å². The summed E-state index contributed by atoms with van der Waals surface area (Å²) in [7, 11) is 0. The Kier molecular flexibility index (Phi) is 6.89. The first-order valence-corrected chi connectivity index (χ1v) is 11.0. The van der Waals surface area contributed by atoms with E-state index in [1.807, 2.05) is 79.0 Å². The van der Waals surface area contributed by atoms with Gasteiger partial charge in [0.15, 0.2) is 5.13 Å². The zero-order valence-corrected chi connectivity index (χ0v) is 18.3. The van der Waals surface area contributed by atoms with E-state index in [2.05, 4.69) is 20.8 Å². The molecule has 32 heavy (non-hydrogen) atoms. The summed E-state index contributed by atoms with van der Waals surface area (Å²) < 4.78 is 5.56. The predicted molar refractivity (Wildman–Crippen MR) is 130 cm³/mol. The maximum atomic E-state index is 12.4. The Hall–Kier alpha value is -3.97. The van der Waals surface area contributed by atoms with Gasteiger partial charge in [-0.15, -0.1) is 11.3 Å². The summed E-state index contributed by atoms with van der Waals surface area (Å²) in [6.45, 7) is 2.48. The van der Waals surface area contributed by atoms with E-state index in [0.717, 1.165) is 33.4 Å². The Labute approximate surface area is 190 Å². The second-order valence-corrected chi connectivity index (χ2v) is 7.63. The number of thiazole rings is 1. The largest absolute Gasteiger partial charge is 0.493 e. The third-order valence-electron chi connectivity index (χ3n) is 4.56. The summed E-state index contributed by atoms with van der Waals surface area (Å²) in [5.41, 5.74) is 6.66. The molecule has 3 aromatic carbocycles. The van der Waals surface area contributed by atoms with Gasteiger partial charge >= 0.3 is 0 Å². The van der Waals surface area contributed by atoms with Crippen LogP contribution in [0.2, 0.25) is 0 Å². The number of aromatic nitrogens is 1. The Morgan fingerprint density at radius 1 is 1.03 bits per heavy atom. The summed E-state index contributed by atoms with van der Waals surface area (Å²) >= 11 is 1.53. The van der Waals surface area contributed by atoms with Crippen LogP contribution < -0.4 is 15.5 Å². The Morgan fingerprint density at radius 2 is 1.78 bits per heavy atom. The standard InChI is InChI=1S/C25H22N4O2S/c1-2-31-23-11-7-6-8-20(23)16-26-29-24(30)19-14-12-18(13-15-19)22-17-32-25(28-22)27-21-9-4-3-5-10-21/h3-17H,2H2,1H3,(H,27,28)(H,29,30)/b26-16-. The van der Waals surface area contributed by atoms with Gasteiger partial charge in [0.1, 0.15) is 5.75 Å². The first kappa shape index (κ1) is 21.3. The predicted octanol–water partition coefficient (Wildman–Crippen LogP) is 5.72. The van der Waals surface area contributed by atoms with Crippen molar-refractivity contribution in [3.05, 3.63) is 95.4 Å². The van der Waals surface area contributed by atoms with E-state index in [1.165, 1.54) is 11.3 Å². The van der Waals surface area contributed by atoms with E-state index in [4.69, 9.17) is 4.74 Å². The number of benzene rings is 3. The molecule has 7 heteroatoms. The molecule has 0 saturated carbocycles. The molecule has 4 aromatic rings. The number of ether oxygens (including phenoxy) is 1. The maximum absolute atomic E-state index is 12.4. The number of carbonyl (C=O) groups is 1. The number of hydrogen-bond acceptors (Lipinski definition) is 6. The highest BCUT2D eigenvalue weighted by molar-refractivity contribution is 7.14. The molecule has 0 aliphatic rings. The van der Waals surface area contributed by atoms with E-state index in [1.54, 1.807) is 18.3 Å². The van der Waals surface area contributed by atoms with Gasteiger partial charge in [-0.3, -0.25) is 4.79 Å². The van der Waals surface area contributed by atoms with Crippen LogP contribution >= 0.6 is 11.3 Å². The van der Waals surface area contributed by atoms with Crippen molar-refractivity contribution in [3.8, 4) is 17.0 Å². The van der Waals surface area contributed by atoms with Gasteiger partial charge in [-0.05, 0) is 43.3 Å². The van der Waals surface area contributed by atoms with Gasteiger partial charge in [0.05, 0.1) is 18.5 Å². The molecular weight excluding hydrogens is 420 g/mol. The second-order valence-electron chi connectivity index (χ2n) is 6.78. The fourth-order valence-electron chi connectivity index (χ4n) is 3.00. The van der Waals surface area contributed by atoms with Crippen LogP contribution in [0.5, 0.6) is 5.75 Å². The first-order chi connectivity index (χ1) is 15.7. The minimum Gasteiger partial charge on any atom is -0.493 e. The van der Waals surface area contributed by atoms with Crippen LogP contribution in [0.25, 0.3) is 11.3 Å². The van der Waals surface area contributed by atoms with Crippen molar-refractivity contribution >= 4 is 34.3 Å². The van der Waals surface area contributed by atoms with Gasteiger partial charge in [0, 0.05) is 27.8 Å². The summed E-state index contributed by atoms with van der Waals surface area (Å²) in [4.78, 5) is 17.0. The number of rotatable bonds is 8. The summed E-state index contributed by atoms with van der Waals surface area (Å²) in [5.74, 6) is 0.438. The van der Waals surface area contributed by atoms with Crippen LogP contribution in [0.15, 0.2) is 89.3 Å². The molecule has 0 radical (unpaired) electrons. The van der Waals surface area contributed by atoms with Crippen LogP contribution in [-0.2, 0) is 0 Å². The Balaban J connectivity index is 1.38. The number of amides is 1. The van der Waals surface area contributed by atoms with Crippen molar-refractivity contribution in [2.75, 3.05) is 11.9 Å². The third-order valence-corrected chi connectivity index (χ3v) is 5.32. The van der Waals surface area contributed by atoms with Gasteiger partial charge in [-0.2, -0.15) is 5.10 Å². The summed E-state index contributed by atoms with van der Waals surface area (Å²) in [6, 6.07) is 24.7. The fourth-order valence-corrected chi connectivity index (χ4v) is 3.74. The van der Waals surface area contributed by atoms with Crippen LogP contribution in [0.4, 0.5) is 10.8 Å². The van der Waals surface area contributed by atoms with Crippen molar-refractivity contribution in [2.24, 2.45) is 5.10 Å². The van der Waals surface area contributed by atoms with Gasteiger partial charge < -0.3 is 10.1 Å². The first-order valence-electron chi connectivity index (χ1n) is 10.2. The average molecular weight is 443 g/mol. The van der Waals surface area contributed by atoms with Gasteiger partial charge in [0.2, 0.25) is 0 Å². The molecule has 6 nitrogen and oxygen atoms in total. The molecule has 2 N–H and O–H groups in total. The Bertz CT molecular complexity index is 1200. The number of nitrogens with one attached hydrogen (secondary N) is 2. The molecule has 0 saturated heterocycles.